The number of amides is 1. The number of rotatable bonds is 8. The van der Waals surface area contributed by atoms with E-state index in [0.29, 0.717) is 13.0 Å². The maximum absolute atomic E-state index is 12.1. The molecule has 0 unspecified atom stereocenters. The van der Waals surface area contributed by atoms with Gasteiger partial charge in [-0.3, -0.25) is 4.79 Å². The summed E-state index contributed by atoms with van der Waals surface area (Å²) in [5.74, 6) is 0.689. The standard InChI is InChI=1S/C18H21BrN2O2.ClH/c1-2-20-13-14-7-3-5-9-16(14)21-18(22)11-12-23-17-10-6-4-8-15(17)19;/h3-10,20H,2,11-13H2,1H3,(H,21,22);1H. The topological polar surface area (TPSA) is 50.4 Å². The molecule has 0 saturated carbocycles. The summed E-state index contributed by atoms with van der Waals surface area (Å²) in [6.45, 7) is 4.02. The summed E-state index contributed by atoms with van der Waals surface area (Å²) in [6, 6.07) is 15.4. The van der Waals surface area contributed by atoms with Crippen LogP contribution in [0.25, 0.3) is 0 Å². The smallest absolute Gasteiger partial charge is 0.227 e. The molecule has 0 aromatic heterocycles. The van der Waals surface area contributed by atoms with Crippen molar-refractivity contribution in [1.29, 1.82) is 0 Å². The fourth-order valence-electron chi connectivity index (χ4n) is 2.08. The number of para-hydroxylation sites is 2. The van der Waals surface area contributed by atoms with Crippen LogP contribution in [0.1, 0.15) is 18.9 Å². The summed E-state index contributed by atoms with van der Waals surface area (Å²) in [5, 5.41) is 6.22. The Morgan fingerprint density at radius 2 is 1.83 bits per heavy atom. The molecule has 24 heavy (non-hydrogen) atoms. The van der Waals surface area contributed by atoms with Crippen molar-refractivity contribution in [3.8, 4) is 5.75 Å². The number of carbonyl (C=O) groups is 1. The molecule has 6 heteroatoms. The number of carbonyl (C=O) groups excluding carboxylic acids is 1. The Morgan fingerprint density at radius 3 is 2.58 bits per heavy atom. The van der Waals surface area contributed by atoms with E-state index < -0.39 is 0 Å². The molecule has 2 rings (SSSR count). The van der Waals surface area contributed by atoms with Crippen LogP contribution in [-0.4, -0.2) is 19.1 Å². The maximum Gasteiger partial charge on any atom is 0.227 e. The molecule has 0 bridgehead atoms. The molecule has 2 aromatic rings. The van der Waals surface area contributed by atoms with Crippen LogP contribution in [0.4, 0.5) is 5.69 Å². The molecular weight excluding hydrogens is 392 g/mol. The third-order valence-corrected chi connectivity index (χ3v) is 3.94. The van der Waals surface area contributed by atoms with Crippen molar-refractivity contribution in [2.75, 3.05) is 18.5 Å². The zero-order valence-corrected chi connectivity index (χ0v) is 16.0. The van der Waals surface area contributed by atoms with Gasteiger partial charge in [-0.1, -0.05) is 37.3 Å². The van der Waals surface area contributed by atoms with Crippen LogP contribution in [-0.2, 0) is 11.3 Å². The summed E-state index contributed by atoms with van der Waals surface area (Å²) in [5.41, 5.74) is 1.92. The number of hydrogen-bond donors (Lipinski definition) is 2. The minimum absolute atomic E-state index is 0. The molecule has 1 amide bonds. The summed E-state index contributed by atoms with van der Waals surface area (Å²) in [6.07, 6.45) is 0.302. The second-order valence-corrected chi connectivity index (χ2v) is 5.87. The predicted molar refractivity (Wildman–Crippen MR) is 104 cm³/mol. The Balaban J connectivity index is 0.00000288. The number of anilines is 1. The van der Waals surface area contributed by atoms with Crippen LogP contribution in [0.2, 0.25) is 0 Å². The number of hydrogen-bond acceptors (Lipinski definition) is 3. The average Bonchev–Trinajstić information content (AvgIpc) is 2.56. The van der Waals surface area contributed by atoms with Crippen molar-refractivity contribution in [2.24, 2.45) is 0 Å². The van der Waals surface area contributed by atoms with E-state index in [1.54, 1.807) is 0 Å². The normalized spacial score (nSPS) is 9.92. The van der Waals surface area contributed by atoms with Crippen molar-refractivity contribution in [2.45, 2.75) is 19.9 Å². The predicted octanol–water partition coefficient (Wildman–Crippen LogP) is 4.39. The van der Waals surface area contributed by atoms with Gasteiger partial charge in [0.25, 0.3) is 0 Å². The highest BCUT2D eigenvalue weighted by Gasteiger charge is 2.07. The van der Waals surface area contributed by atoms with Gasteiger partial charge >= 0.3 is 0 Å². The highest BCUT2D eigenvalue weighted by atomic mass is 79.9. The lowest BCUT2D eigenvalue weighted by Gasteiger charge is -2.12. The van der Waals surface area contributed by atoms with E-state index in [0.717, 1.165) is 34.6 Å². The minimum Gasteiger partial charge on any atom is -0.492 e. The average molecular weight is 414 g/mol. The van der Waals surface area contributed by atoms with Crippen LogP contribution < -0.4 is 15.4 Å². The van der Waals surface area contributed by atoms with Gasteiger partial charge in [-0.05, 0) is 46.2 Å². The van der Waals surface area contributed by atoms with Gasteiger partial charge < -0.3 is 15.4 Å². The van der Waals surface area contributed by atoms with E-state index in [1.807, 2.05) is 48.5 Å². The van der Waals surface area contributed by atoms with Gasteiger partial charge in [-0.15, -0.1) is 12.4 Å². The van der Waals surface area contributed by atoms with E-state index >= 15 is 0 Å². The molecule has 0 heterocycles. The Morgan fingerprint density at radius 1 is 1.12 bits per heavy atom. The Labute approximate surface area is 157 Å². The van der Waals surface area contributed by atoms with Crippen molar-refractivity contribution in [3.63, 3.8) is 0 Å². The largest absolute Gasteiger partial charge is 0.492 e. The molecular formula is C18H22BrClN2O2. The molecule has 2 aromatic carbocycles. The fraction of sp³-hybridized carbons (Fsp3) is 0.278. The summed E-state index contributed by atoms with van der Waals surface area (Å²) >= 11 is 3.42. The van der Waals surface area contributed by atoms with Gasteiger partial charge in [0, 0.05) is 12.2 Å². The zero-order chi connectivity index (χ0) is 16.5. The van der Waals surface area contributed by atoms with Crippen molar-refractivity contribution >= 4 is 39.9 Å². The summed E-state index contributed by atoms with van der Waals surface area (Å²) in [7, 11) is 0. The first kappa shape index (κ1) is 20.5. The first-order chi connectivity index (χ1) is 11.2. The number of ether oxygens (including phenoxy) is 1. The maximum atomic E-state index is 12.1. The molecule has 0 aliphatic rings. The van der Waals surface area contributed by atoms with E-state index in [2.05, 4.69) is 33.5 Å². The van der Waals surface area contributed by atoms with Crippen LogP contribution in [0.3, 0.4) is 0 Å². The first-order valence-corrected chi connectivity index (χ1v) is 8.45. The number of halogens is 2. The molecule has 0 spiro atoms. The van der Waals surface area contributed by atoms with Gasteiger partial charge in [-0.25, -0.2) is 0 Å². The second-order valence-electron chi connectivity index (χ2n) is 5.01. The van der Waals surface area contributed by atoms with Crippen molar-refractivity contribution in [1.82, 2.24) is 5.32 Å². The quantitative estimate of drug-likeness (QED) is 0.675. The third kappa shape index (κ3) is 6.51. The van der Waals surface area contributed by atoms with Gasteiger partial charge in [0.2, 0.25) is 5.91 Å². The Kier molecular flexibility index (Phi) is 9.45. The van der Waals surface area contributed by atoms with Crippen molar-refractivity contribution < 1.29 is 9.53 Å². The van der Waals surface area contributed by atoms with Gasteiger partial charge in [0.1, 0.15) is 5.75 Å². The second kappa shape index (κ2) is 11.1. The monoisotopic (exact) mass is 412 g/mol. The van der Waals surface area contributed by atoms with Gasteiger partial charge in [0.15, 0.2) is 0 Å². The van der Waals surface area contributed by atoms with E-state index in [9.17, 15) is 4.79 Å². The van der Waals surface area contributed by atoms with Crippen LogP contribution in [0.15, 0.2) is 53.0 Å². The third-order valence-electron chi connectivity index (χ3n) is 3.28. The van der Waals surface area contributed by atoms with E-state index in [1.165, 1.54) is 0 Å². The minimum atomic E-state index is -0.0546. The van der Waals surface area contributed by atoms with E-state index in [-0.39, 0.29) is 18.3 Å². The zero-order valence-electron chi connectivity index (χ0n) is 13.5. The molecule has 130 valence electrons. The Bertz CT molecular complexity index is 652. The Hall–Kier alpha value is -1.56. The van der Waals surface area contributed by atoms with Crippen LogP contribution >= 0.6 is 28.3 Å². The molecule has 0 aliphatic carbocycles. The van der Waals surface area contributed by atoms with Crippen LogP contribution in [0.5, 0.6) is 5.75 Å². The fourth-order valence-corrected chi connectivity index (χ4v) is 2.48. The highest BCUT2D eigenvalue weighted by Crippen LogP contribution is 2.23. The molecule has 0 saturated heterocycles. The van der Waals surface area contributed by atoms with Crippen LogP contribution in [0, 0.1) is 0 Å². The SMILES string of the molecule is CCNCc1ccccc1NC(=O)CCOc1ccccc1Br.Cl. The molecule has 0 radical (unpaired) electrons. The lowest BCUT2D eigenvalue weighted by Crippen LogP contribution is -2.18. The summed E-state index contributed by atoms with van der Waals surface area (Å²) in [4.78, 5) is 12.1. The highest BCUT2D eigenvalue weighted by molar-refractivity contribution is 9.10. The molecule has 0 atom stereocenters. The lowest BCUT2D eigenvalue weighted by molar-refractivity contribution is -0.116. The lowest BCUT2D eigenvalue weighted by atomic mass is 10.1. The molecule has 0 aliphatic heterocycles. The first-order valence-electron chi connectivity index (χ1n) is 7.66. The number of benzene rings is 2. The molecule has 0 fully saturated rings. The van der Waals surface area contributed by atoms with Gasteiger partial charge in [0.05, 0.1) is 17.5 Å². The van der Waals surface area contributed by atoms with Crippen molar-refractivity contribution in [3.05, 3.63) is 58.6 Å². The van der Waals surface area contributed by atoms with E-state index in [4.69, 9.17) is 4.74 Å². The molecule has 2 N–H and O–H groups in total. The molecule has 4 nitrogen and oxygen atoms in total. The van der Waals surface area contributed by atoms with Gasteiger partial charge in [-0.2, -0.15) is 0 Å². The number of nitrogens with one attached hydrogen (secondary N) is 2. The summed E-state index contributed by atoms with van der Waals surface area (Å²) < 4.78 is 6.51.